The quantitative estimate of drug-likeness (QED) is 0.602. The van der Waals surface area contributed by atoms with Crippen LogP contribution in [0.4, 0.5) is 4.79 Å². The number of carbonyl (C=O) groups excluding carboxylic acids is 1. The van der Waals surface area contributed by atoms with Crippen LogP contribution in [0, 0.1) is 11.8 Å². The summed E-state index contributed by atoms with van der Waals surface area (Å²) in [5.41, 5.74) is 0. The average Bonchev–Trinajstić information content (AvgIpc) is 3.05. The maximum absolute atomic E-state index is 11.6. The fourth-order valence-electron chi connectivity index (χ4n) is 2.28. The SMILES string of the molecule is CCCC1CC1NC(=O)NCCC(C)CCC(=O)O. The molecule has 110 valence electrons. The molecule has 1 fully saturated rings. The Balaban J connectivity index is 2.00. The molecule has 0 bridgehead atoms. The van der Waals surface area contributed by atoms with Crippen molar-refractivity contribution >= 4 is 12.0 Å². The van der Waals surface area contributed by atoms with E-state index >= 15 is 0 Å². The molecule has 0 aliphatic heterocycles. The van der Waals surface area contributed by atoms with Crippen molar-refractivity contribution in [3.8, 4) is 0 Å². The van der Waals surface area contributed by atoms with E-state index in [0.29, 0.717) is 30.8 Å². The molecule has 0 heterocycles. The van der Waals surface area contributed by atoms with Gasteiger partial charge in [-0.15, -0.1) is 0 Å². The fraction of sp³-hybridized carbons (Fsp3) is 0.857. The van der Waals surface area contributed by atoms with Crippen LogP contribution in [0.15, 0.2) is 0 Å². The van der Waals surface area contributed by atoms with E-state index in [1.807, 2.05) is 6.92 Å². The van der Waals surface area contributed by atoms with E-state index < -0.39 is 5.97 Å². The molecule has 0 aromatic heterocycles. The van der Waals surface area contributed by atoms with Gasteiger partial charge >= 0.3 is 12.0 Å². The van der Waals surface area contributed by atoms with E-state index in [1.54, 1.807) is 0 Å². The first-order valence-electron chi connectivity index (χ1n) is 7.29. The molecule has 5 nitrogen and oxygen atoms in total. The molecule has 1 saturated carbocycles. The zero-order chi connectivity index (χ0) is 14.3. The van der Waals surface area contributed by atoms with Gasteiger partial charge in [-0.25, -0.2) is 4.79 Å². The van der Waals surface area contributed by atoms with E-state index in [0.717, 1.165) is 12.8 Å². The molecule has 0 spiro atoms. The Morgan fingerprint density at radius 3 is 2.74 bits per heavy atom. The standard InChI is InChI=1S/C14H26N2O3/c1-3-4-11-9-12(11)16-14(19)15-8-7-10(2)5-6-13(17)18/h10-12H,3-9H2,1-2H3,(H,17,18)(H2,15,16,19). The lowest BCUT2D eigenvalue weighted by atomic mass is 10.0. The number of amides is 2. The molecule has 19 heavy (non-hydrogen) atoms. The maximum Gasteiger partial charge on any atom is 0.315 e. The minimum atomic E-state index is -0.756. The number of rotatable bonds is 9. The minimum Gasteiger partial charge on any atom is -0.481 e. The highest BCUT2D eigenvalue weighted by Gasteiger charge is 2.36. The number of aliphatic carboxylic acids is 1. The monoisotopic (exact) mass is 270 g/mol. The van der Waals surface area contributed by atoms with Crippen molar-refractivity contribution in [2.45, 2.75) is 58.4 Å². The van der Waals surface area contributed by atoms with Gasteiger partial charge in [0, 0.05) is 19.0 Å². The fourth-order valence-corrected chi connectivity index (χ4v) is 2.28. The van der Waals surface area contributed by atoms with Crippen LogP contribution in [-0.2, 0) is 4.79 Å². The molecule has 0 radical (unpaired) electrons. The molecular weight excluding hydrogens is 244 g/mol. The van der Waals surface area contributed by atoms with E-state index in [1.165, 1.54) is 12.8 Å². The van der Waals surface area contributed by atoms with Gasteiger partial charge in [-0.1, -0.05) is 20.3 Å². The first-order chi connectivity index (χ1) is 9.02. The summed E-state index contributed by atoms with van der Waals surface area (Å²) in [6.45, 7) is 4.78. The summed E-state index contributed by atoms with van der Waals surface area (Å²) < 4.78 is 0. The van der Waals surface area contributed by atoms with Gasteiger partial charge in [-0.05, 0) is 37.5 Å². The summed E-state index contributed by atoms with van der Waals surface area (Å²) in [4.78, 5) is 22.0. The normalized spacial score (nSPS) is 22.6. The van der Waals surface area contributed by atoms with Gasteiger partial charge in [0.15, 0.2) is 0 Å². The van der Waals surface area contributed by atoms with E-state index in [-0.39, 0.29) is 12.5 Å². The Hall–Kier alpha value is -1.26. The summed E-state index contributed by atoms with van der Waals surface area (Å²) >= 11 is 0. The molecule has 2 amide bonds. The van der Waals surface area contributed by atoms with Gasteiger partial charge in [0.1, 0.15) is 0 Å². The van der Waals surface area contributed by atoms with Crippen molar-refractivity contribution < 1.29 is 14.7 Å². The maximum atomic E-state index is 11.6. The average molecular weight is 270 g/mol. The van der Waals surface area contributed by atoms with Crippen molar-refractivity contribution in [2.24, 2.45) is 11.8 Å². The van der Waals surface area contributed by atoms with Crippen molar-refractivity contribution in [3.05, 3.63) is 0 Å². The molecule has 1 aliphatic carbocycles. The van der Waals surface area contributed by atoms with Crippen molar-refractivity contribution in [1.82, 2.24) is 10.6 Å². The first-order valence-corrected chi connectivity index (χ1v) is 7.29. The molecule has 1 aliphatic rings. The Morgan fingerprint density at radius 1 is 1.37 bits per heavy atom. The number of carbonyl (C=O) groups is 2. The lowest BCUT2D eigenvalue weighted by molar-refractivity contribution is -0.137. The molecule has 0 saturated heterocycles. The van der Waals surface area contributed by atoms with Crippen LogP contribution in [0.5, 0.6) is 0 Å². The Morgan fingerprint density at radius 2 is 2.11 bits per heavy atom. The highest BCUT2D eigenvalue weighted by molar-refractivity contribution is 5.74. The molecular formula is C14H26N2O3. The third-order valence-electron chi connectivity index (χ3n) is 3.67. The third kappa shape index (κ3) is 7.03. The number of carboxylic acids is 1. The highest BCUT2D eigenvalue weighted by Crippen LogP contribution is 2.34. The summed E-state index contributed by atoms with van der Waals surface area (Å²) in [6.07, 6.45) is 5.16. The van der Waals surface area contributed by atoms with Crippen molar-refractivity contribution in [3.63, 3.8) is 0 Å². The lowest BCUT2D eigenvalue weighted by Crippen LogP contribution is -2.38. The van der Waals surface area contributed by atoms with E-state index in [9.17, 15) is 9.59 Å². The van der Waals surface area contributed by atoms with Crippen LogP contribution in [0.25, 0.3) is 0 Å². The molecule has 1 rings (SSSR count). The molecule has 3 unspecified atom stereocenters. The van der Waals surface area contributed by atoms with Crippen LogP contribution in [0.2, 0.25) is 0 Å². The largest absolute Gasteiger partial charge is 0.481 e. The second kappa shape index (κ2) is 8.02. The number of hydrogen-bond donors (Lipinski definition) is 3. The summed E-state index contributed by atoms with van der Waals surface area (Å²) in [7, 11) is 0. The summed E-state index contributed by atoms with van der Waals surface area (Å²) in [5.74, 6) is 0.239. The lowest BCUT2D eigenvalue weighted by Gasteiger charge is -2.11. The minimum absolute atomic E-state index is 0.0889. The Kier molecular flexibility index (Phi) is 6.67. The van der Waals surface area contributed by atoms with Gasteiger partial charge in [-0.3, -0.25) is 4.79 Å². The zero-order valence-electron chi connectivity index (χ0n) is 11.9. The van der Waals surface area contributed by atoms with Crippen LogP contribution in [0.3, 0.4) is 0 Å². The molecule has 0 aromatic rings. The van der Waals surface area contributed by atoms with Gasteiger partial charge < -0.3 is 15.7 Å². The third-order valence-corrected chi connectivity index (χ3v) is 3.67. The van der Waals surface area contributed by atoms with Crippen LogP contribution in [-0.4, -0.2) is 29.7 Å². The molecule has 5 heteroatoms. The summed E-state index contributed by atoms with van der Waals surface area (Å²) in [5, 5.41) is 14.4. The second-order valence-corrected chi connectivity index (χ2v) is 5.62. The van der Waals surface area contributed by atoms with Gasteiger partial charge in [0.05, 0.1) is 0 Å². The molecule has 3 N–H and O–H groups in total. The first kappa shape index (κ1) is 15.8. The number of nitrogens with one attached hydrogen (secondary N) is 2. The van der Waals surface area contributed by atoms with E-state index in [4.69, 9.17) is 5.11 Å². The van der Waals surface area contributed by atoms with Crippen LogP contribution < -0.4 is 10.6 Å². The smallest absolute Gasteiger partial charge is 0.315 e. The van der Waals surface area contributed by atoms with Gasteiger partial charge in [0.25, 0.3) is 0 Å². The Labute approximate surface area is 115 Å². The molecule has 3 atom stereocenters. The summed E-state index contributed by atoms with van der Waals surface area (Å²) in [6, 6.07) is 0.276. The predicted molar refractivity (Wildman–Crippen MR) is 74.0 cm³/mol. The highest BCUT2D eigenvalue weighted by atomic mass is 16.4. The predicted octanol–water partition coefficient (Wildman–Crippen LogP) is 2.37. The van der Waals surface area contributed by atoms with Gasteiger partial charge in [-0.2, -0.15) is 0 Å². The second-order valence-electron chi connectivity index (χ2n) is 5.62. The van der Waals surface area contributed by atoms with Crippen LogP contribution >= 0.6 is 0 Å². The molecule has 0 aromatic carbocycles. The topological polar surface area (TPSA) is 78.4 Å². The number of hydrogen-bond acceptors (Lipinski definition) is 2. The van der Waals surface area contributed by atoms with Gasteiger partial charge in [0.2, 0.25) is 0 Å². The van der Waals surface area contributed by atoms with Crippen LogP contribution in [0.1, 0.15) is 52.4 Å². The Bertz CT molecular complexity index is 307. The van der Waals surface area contributed by atoms with Crippen molar-refractivity contribution in [2.75, 3.05) is 6.54 Å². The number of urea groups is 1. The van der Waals surface area contributed by atoms with Crippen molar-refractivity contribution in [1.29, 1.82) is 0 Å². The number of carboxylic acid groups (broad SMARTS) is 1. The zero-order valence-corrected chi connectivity index (χ0v) is 11.9. The van der Waals surface area contributed by atoms with E-state index in [2.05, 4.69) is 17.6 Å².